The Hall–Kier alpha value is -2.14. The van der Waals surface area contributed by atoms with Crippen LogP contribution in [0.4, 0.5) is 5.69 Å². The number of Topliss-reactive ketones (excluding diaryl/α,β-unsaturated/α-hetero) is 1. The third kappa shape index (κ3) is 3.36. The van der Waals surface area contributed by atoms with Gasteiger partial charge in [-0.1, -0.05) is 0 Å². The molecule has 2 aromatic rings. The Labute approximate surface area is 129 Å². The molecular formula is C17H22N2O3. The van der Waals surface area contributed by atoms with Crippen molar-refractivity contribution in [2.24, 2.45) is 5.73 Å². The molecule has 0 amide bonds. The topological polar surface area (TPSA) is 76.5 Å². The highest BCUT2D eigenvalue weighted by molar-refractivity contribution is 5.98. The van der Waals surface area contributed by atoms with E-state index in [1.54, 1.807) is 6.07 Å². The summed E-state index contributed by atoms with van der Waals surface area (Å²) >= 11 is 0. The van der Waals surface area contributed by atoms with Crippen LogP contribution in [0.25, 0.3) is 11.0 Å². The van der Waals surface area contributed by atoms with Gasteiger partial charge in [0, 0.05) is 36.7 Å². The van der Waals surface area contributed by atoms with Gasteiger partial charge in [0.1, 0.15) is 11.1 Å². The largest absolute Gasteiger partial charge is 0.422 e. The lowest BCUT2D eigenvalue weighted by molar-refractivity contribution is 0.0977. The van der Waals surface area contributed by atoms with E-state index in [0.717, 1.165) is 24.2 Å². The number of nitrogens with two attached hydrogens (primary N) is 1. The molecule has 22 heavy (non-hydrogen) atoms. The van der Waals surface area contributed by atoms with Crippen molar-refractivity contribution in [3.05, 3.63) is 40.2 Å². The second kappa shape index (κ2) is 7.22. The summed E-state index contributed by atoms with van der Waals surface area (Å²) in [5, 5.41) is 0.756. The molecule has 0 atom stereocenters. The van der Waals surface area contributed by atoms with Gasteiger partial charge < -0.3 is 15.1 Å². The Morgan fingerprint density at radius 3 is 2.59 bits per heavy atom. The van der Waals surface area contributed by atoms with Crippen molar-refractivity contribution in [3.63, 3.8) is 0 Å². The fourth-order valence-electron chi connectivity index (χ4n) is 2.48. The van der Waals surface area contributed by atoms with Crippen LogP contribution in [-0.4, -0.2) is 25.4 Å². The van der Waals surface area contributed by atoms with Crippen molar-refractivity contribution in [2.75, 3.05) is 24.5 Å². The number of ketones is 1. The molecule has 1 heterocycles. The molecular weight excluding hydrogens is 280 g/mol. The van der Waals surface area contributed by atoms with Crippen LogP contribution < -0.4 is 16.3 Å². The van der Waals surface area contributed by atoms with Gasteiger partial charge >= 0.3 is 5.63 Å². The first-order valence-electron chi connectivity index (χ1n) is 7.66. The molecule has 0 spiro atoms. The van der Waals surface area contributed by atoms with Gasteiger partial charge in [-0.2, -0.15) is 0 Å². The number of hydrogen-bond acceptors (Lipinski definition) is 5. The lowest BCUT2D eigenvalue weighted by atomic mass is 10.1. The van der Waals surface area contributed by atoms with Crippen molar-refractivity contribution < 1.29 is 9.21 Å². The second-order valence-electron chi connectivity index (χ2n) is 5.16. The van der Waals surface area contributed by atoms with Crippen LogP contribution in [0.3, 0.4) is 0 Å². The molecule has 0 aliphatic carbocycles. The SMILES string of the molecule is CCN(CC)c1ccc2cc(C(=O)CCCN)c(=O)oc2c1. The maximum Gasteiger partial charge on any atom is 0.347 e. The zero-order valence-electron chi connectivity index (χ0n) is 13.1. The van der Waals surface area contributed by atoms with Crippen molar-refractivity contribution in [3.8, 4) is 0 Å². The zero-order chi connectivity index (χ0) is 16.1. The maximum atomic E-state index is 12.0. The van der Waals surface area contributed by atoms with Gasteiger partial charge in [0.25, 0.3) is 0 Å². The van der Waals surface area contributed by atoms with Crippen LogP contribution in [0.15, 0.2) is 33.5 Å². The van der Waals surface area contributed by atoms with Crippen LogP contribution in [-0.2, 0) is 0 Å². The molecule has 0 unspecified atom stereocenters. The molecule has 0 aliphatic heterocycles. The van der Waals surface area contributed by atoms with Crippen LogP contribution in [0, 0.1) is 0 Å². The Morgan fingerprint density at radius 1 is 1.23 bits per heavy atom. The molecule has 5 nitrogen and oxygen atoms in total. The molecule has 0 saturated heterocycles. The number of carbonyl (C=O) groups is 1. The summed E-state index contributed by atoms with van der Waals surface area (Å²) in [5.41, 5.74) is 6.43. The van der Waals surface area contributed by atoms with Crippen molar-refractivity contribution in [1.29, 1.82) is 0 Å². The normalized spacial score (nSPS) is 10.9. The van der Waals surface area contributed by atoms with E-state index in [2.05, 4.69) is 18.7 Å². The molecule has 2 N–H and O–H groups in total. The van der Waals surface area contributed by atoms with Gasteiger partial charge in [-0.3, -0.25) is 4.79 Å². The minimum atomic E-state index is -0.578. The molecule has 118 valence electrons. The monoisotopic (exact) mass is 302 g/mol. The average Bonchev–Trinajstić information content (AvgIpc) is 2.53. The Kier molecular flexibility index (Phi) is 5.33. The van der Waals surface area contributed by atoms with E-state index < -0.39 is 5.63 Å². The van der Waals surface area contributed by atoms with E-state index in [4.69, 9.17) is 10.2 Å². The highest BCUT2D eigenvalue weighted by Crippen LogP contribution is 2.22. The molecule has 5 heteroatoms. The molecule has 1 aromatic carbocycles. The number of benzene rings is 1. The summed E-state index contributed by atoms with van der Waals surface area (Å²) in [7, 11) is 0. The van der Waals surface area contributed by atoms with Crippen LogP contribution in [0.2, 0.25) is 0 Å². The van der Waals surface area contributed by atoms with Gasteiger partial charge in [-0.15, -0.1) is 0 Å². The van der Waals surface area contributed by atoms with Crippen molar-refractivity contribution >= 4 is 22.4 Å². The minimum Gasteiger partial charge on any atom is -0.422 e. The number of carbonyl (C=O) groups excluding carboxylic acids is 1. The maximum absolute atomic E-state index is 12.0. The van der Waals surface area contributed by atoms with Gasteiger partial charge in [-0.05, 0) is 45.0 Å². The standard InChI is InChI=1S/C17H22N2O3/c1-3-19(4-2)13-8-7-12-10-14(15(20)6-5-9-18)17(21)22-16(12)11-13/h7-8,10-11H,3-6,9,18H2,1-2H3. The highest BCUT2D eigenvalue weighted by Gasteiger charge is 2.14. The smallest absolute Gasteiger partial charge is 0.347 e. The zero-order valence-corrected chi connectivity index (χ0v) is 13.1. The van der Waals surface area contributed by atoms with Gasteiger partial charge in [0.05, 0.1) is 0 Å². The minimum absolute atomic E-state index is 0.108. The lowest BCUT2D eigenvalue weighted by Gasteiger charge is -2.20. The third-order valence-corrected chi connectivity index (χ3v) is 3.76. The van der Waals surface area contributed by atoms with Gasteiger partial charge in [0.15, 0.2) is 5.78 Å². The summed E-state index contributed by atoms with van der Waals surface area (Å²) in [6.07, 6.45) is 0.835. The molecule has 0 saturated carbocycles. The molecule has 0 bridgehead atoms. The predicted octanol–water partition coefficient (Wildman–Crippen LogP) is 2.56. The molecule has 0 aliphatic rings. The molecule has 1 aromatic heterocycles. The van der Waals surface area contributed by atoms with E-state index in [1.165, 1.54) is 0 Å². The molecule has 2 rings (SSSR count). The number of rotatable bonds is 7. The van der Waals surface area contributed by atoms with E-state index in [0.29, 0.717) is 18.5 Å². The number of anilines is 1. The van der Waals surface area contributed by atoms with Crippen LogP contribution in [0.5, 0.6) is 0 Å². The lowest BCUT2D eigenvalue weighted by Crippen LogP contribution is -2.21. The van der Waals surface area contributed by atoms with Gasteiger partial charge in [0.2, 0.25) is 0 Å². The van der Waals surface area contributed by atoms with Crippen LogP contribution in [0.1, 0.15) is 37.0 Å². The summed E-state index contributed by atoms with van der Waals surface area (Å²) in [6.45, 7) is 6.33. The third-order valence-electron chi connectivity index (χ3n) is 3.76. The Morgan fingerprint density at radius 2 is 1.95 bits per heavy atom. The first-order chi connectivity index (χ1) is 10.6. The fourth-order valence-corrected chi connectivity index (χ4v) is 2.48. The highest BCUT2D eigenvalue weighted by atomic mass is 16.4. The fraction of sp³-hybridized carbons (Fsp3) is 0.412. The van der Waals surface area contributed by atoms with Crippen molar-refractivity contribution in [1.82, 2.24) is 0 Å². The molecule has 0 fully saturated rings. The number of hydrogen-bond donors (Lipinski definition) is 1. The van der Waals surface area contributed by atoms with E-state index in [1.807, 2.05) is 18.2 Å². The predicted molar refractivity (Wildman–Crippen MR) is 88.7 cm³/mol. The number of fused-ring (bicyclic) bond motifs is 1. The van der Waals surface area contributed by atoms with Crippen molar-refractivity contribution in [2.45, 2.75) is 26.7 Å². The first-order valence-corrected chi connectivity index (χ1v) is 7.66. The summed E-state index contributed by atoms with van der Waals surface area (Å²) in [6, 6.07) is 7.32. The van der Waals surface area contributed by atoms with Gasteiger partial charge in [-0.25, -0.2) is 4.79 Å². The quantitative estimate of drug-likeness (QED) is 0.628. The summed E-state index contributed by atoms with van der Waals surface area (Å²) in [5.74, 6) is -0.214. The Balaban J connectivity index is 2.42. The van der Waals surface area contributed by atoms with E-state index in [9.17, 15) is 9.59 Å². The average molecular weight is 302 g/mol. The van der Waals surface area contributed by atoms with Crippen LogP contribution >= 0.6 is 0 Å². The molecule has 0 radical (unpaired) electrons. The summed E-state index contributed by atoms with van der Waals surface area (Å²) < 4.78 is 5.34. The van der Waals surface area contributed by atoms with E-state index >= 15 is 0 Å². The summed E-state index contributed by atoms with van der Waals surface area (Å²) in [4.78, 5) is 26.2. The van der Waals surface area contributed by atoms with E-state index in [-0.39, 0.29) is 17.8 Å². The Bertz CT molecular complexity index is 717. The second-order valence-corrected chi connectivity index (χ2v) is 5.16. The number of nitrogens with zero attached hydrogens (tertiary/aromatic N) is 1. The first kappa shape index (κ1) is 16.2.